The Morgan fingerprint density at radius 3 is 2.62 bits per heavy atom. The molecule has 0 aliphatic heterocycles. The van der Waals surface area contributed by atoms with E-state index in [1.54, 1.807) is 59.2 Å². The van der Waals surface area contributed by atoms with Gasteiger partial charge >= 0.3 is 0 Å². The zero-order valence-electron chi connectivity index (χ0n) is 15.8. The van der Waals surface area contributed by atoms with Crippen LogP contribution in [-0.2, 0) is 7.05 Å². The molecule has 0 aliphatic rings. The van der Waals surface area contributed by atoms with Gasteiger partial charge in [-0.1, -0.05) is 43.0 Å². The maximum Gasteiger partial charge on any atom is 0.256 e. The smallest absolute Gasteiger partial charge is 0.256 e. The molecule has 1 amide bonds. The number of ketones is 1. The first-order valence-electron chi connectivity index (χ1n) is 9.08. The fourth-order valence-electron chi connectivity index (χ4n) is 3.19. The van der Waals surface area contributed by atoms with E-state index in [0.29, 0.717) is 22.4 Å². The van der Waals surface area contributed by atoms with E-state index >= 15 is 0 Å². The standard InChI is InChI=1S/C24H18N3O2/c1-3-16-7-6-8-18(13-16)26-24(29)20-10-5-4-9-19(20)23(28)17-11-12-21-22(14-17)27(2)15-25-21/h3-14H,1H2,2H3,(H,26,29). The summed E-state index contributed by atoms with van der Waals surface area (Å²) in [5.74, 6) is -0.566. The summed E-state index contributed by atoms with van der Waals surface area (Å²) in [6.45, 7) is 3.74. The number of nitrogens with zero attached hydrogens (tertiary/aromatic N) is 2. The van der Waals surface area contributed by atoms with Crippen LogP contribution in [0.3, 0.4) is 0 Å². The van der Waals surface area contributed by atoms with E-state index in [9.17, 15) is 9.59 Å². The van der Waals surface area contributed by atoms with Crippen molar-refractivity contribution in [1.29, 1.82) is 0 Å². The van der Waals surface area contributed by atoms with E-state index in [2.05, 4.69) is 23.2 Å². The lowest BCUT2D eigenvalue weighted by Gasteiger charge is -2.10. The Labute approximate surface area is 168 Å². The van der Waals surface area contributed by atoms with Crippen molar-refractivity contribution in [2.75, 3.05) is 5.32 Å². The monoisotopic (exact) mass is 380 g/mol. The number of imidazole rings is 1. The second kappa shape index (κ2) is 7.56. The normalized spacial score (nSPS) is 10.7. The Morgan fingerprint density at radius 2 is 1.83 bits per heavy atom. The quantitative estimate of drug-likeness (QED) is 0.519. The zero-order valence-corrected chi connectivity index (χ0v) is 15.8. The van der Waals surface area contributed by atoms with Crippen molar-refractivity contribution >= 4 is 34.5 Å². The third kappa shape index (κ3) is 3.58. The first-order chi connectivity index (χ1) is 14.1. The lowest BCUT2D eigenvalue weighted by atomic mass is 9.97. The zero-order chi connectivity index (χ0) is 20.4. The van der Waals surface area contributed by atoms with Crippen molar-refractivity contribution < 1.29 is 9.59 Å². The SMILES string of the molecule is C=Cc1cccc(NC(=O)c2ccccc2C(=O)c2ccc3n[c]n(C)c3c2)c1. The second-order valence-electron chi connectivity index (χ2n) is 6.63. The fourth-order valence-corrected chi connectivity index (χ4v) is 3.19. The molecule has 0 atom stereocenters. The molecule has 3 aromatic carbocycles. The number of carbonyl (C=O) groups excluding carboxylic acids is 2. The molecular formula is C24H18N3O2. The van der Waals surface area contributed by atoms with E-state index in [1.165, 1.54) is 0 Å². The predicted octanol–water partition coefficient (Wildman–Crippen LogP) is 4.50. The highest BCUT2D eigenvalue weighted by Crippen LogP contribution is 2.20. The molecule has 4 rings (SSSR count). The van der Waals surface area contributed by atoms with Crippen LogP contribution in [0.25, 0.3) is 17.1 Å². The molecule has 4 aromatic rings. The van der Waals surface area contributed by atoms with Gasteiger partial charge in [-0.15, -0.1) is 0 Å². The van der Waals surface area contributed by atoms with E-state index in [4.69, 9.17) is 0 Å². The summed E-state index contributed by atoms with van der Waals surface area (Å²) in [6, 6.07) is 19.4. The van der Waals surface area contributed by atoms with Gasteiger partial charge in [-0.3, -0.25) is 9.59 Å². The van der Waals surface area contributed by atoms with Crippen molar-refractivity contribution in [1.82, 2.24) is 9.55 Å². The Hall–Kier alpha value is -3.99. The van der Waals surface area contributed by atoms with Crippen LogP contribution in [0.4, 0.5) is 5.69 Å². The van der Waals surface area contributed by atoms with Crippen molar-refractivity contribution in [3.05, 3.63) is 102 Å². The molecule has 29 heavy (non-hydrogen) atoms. The number of hydrogen-bond acceptors (Lipinski definition) is 3. The van der Waals surface area contributed by atoms with Crippen molar-refractivity contribution in [3.8, 4) is 0 Å². The van der Waals surface area contributed by atoms with E-state index in [1.807, 2.05) is 25.2 Å². The van der Waals surface area contributed by atoms with Gasteiger partial charge in [0.15, 0.2) is 12.1 Å². The van der Waals surface area contributed by atoms with Gasteiger partial charge in [0.2, 0.25) is 0 Å². The van der Waals surface area contributed by atoms with Crippen LogP contribution in [0.15, 0.2) is 73.3 Å². The number of hydrogen-bond donors (Lipinski definition) is 1. The van der Waals surface area contributed by atoms with Crippen LogP contribution in [0.2, 0.25) is 0 Å². The molecular weight excluding hydrogens is 362 g/mol. The van der Waals surface area contributed by atoms with Crippen LogP contribution in [0.5, 0.6) is 0 Å². The van der Waals surface area contributed by atoms with Crippen LogP contribution in [-0.4, -0.2) is 21.2 Å². The number of amides is 1. The van der Waals surface area contributed by atoms with Crippen LogP contribution < -0.4 is 5.32 Å². The summed E-state index contributed by atoms with van der Waals surface area (Å²) in [6.07, 6.45) is 4.54. The third-order valence-corrected chi connectivity index (χ3v) is 4.72. The molecule has 5 nitrogen and oxygen atoms in total. The van der Waals surface area contributed by atoms with E-state index in [-0.39, 0.29) is 11.7 Å². The van der Waals surface area contributed by atoms with Crippen LogP contribution in [0.1, 0.15) is 31.8 Å². The number of aryl methyl sites for hydroxylation is 1. The lowest BCUT2D eigenvalue weighted by molar-refractivity contribution is 0.0996. The Balaban J connectivity index is 1.68. The minimum absolute atomic E-state index is 0.223. The highest BCUT2D eigenvalue weighted by atomic mass is 16.2. The summed E-state index contributed by atoms with van der Waals surface area (Å²) < 4.78 is 1.73. The maximum absolute atomic E-state index is 13.2. The fraction of sp³-hybridized carbons (Fsp3) is 0.0417. The molecule has 0 saturated heterocycles. The molecule has 1 N–H and O–H groups in total. The van der Waals surface area contributed by atoms with Gasteiger partial charge in [-0.05, 0) is 42.0 Å². The van der Waals surface area contributed by atoms with Crippen LogP contribution >= 0.6 is 0 Å². The predicted molar refractivity (Wildman–Crippen MR) is 114 cm³/mol. The average molecular weight is 380 g/mol. The Kier molecular flexibility index (Phi) is 4.79. The summed E-state index contributed by atoms with van der Waals surface area (Å²) in [5.41, 5.74) is 4.25. The second-order valence-corrected chi connectivity index (χ2v) is 6.63. The van der Waals surface area contributed by atoms with Crippen molar-refractivity contribution in [2.45, 2.75) is 0 Å². The molecule has 0 spiro atoms. The average Bonchev–Trinajstić information content (AvgIpc) is 3.13. The van der Waals surface area contributed by atoms with Crippen molar-refractivity contribution in [3.63, 3.8) is 0 Å². The molecule has 5 heteroatoms. The van der Waals surface area contributed by atoms with Gasteiger partial charge in [0.25, 0.3) is 5.91 Å². The molecule has 0 bridgehead atoms. The Morgan fingerprint density at radius 1 is 1.03 bits per heavy atom. The Bertz CT molecular complexity index is 1250. The number of carbonyl (C=O) groups is 2. The number of rotatable bonds is 5. The van der Waals surface area contributed by atoms with Gasteiger partial charge in [0, 0.05) is 23.9 Å². The molecule has 141 valence electrons. The van der Waals surface area contributed by atoms with Gasteiger partial charge in [0.1, 0.15) is 0 Å². The number of fused-ring (bicyclic) bond motifs is 1. The topological polar surface area (TPSA) is 64.0 Å². The summed E-state index contributed by atoms with van der Waals surface area (Å²) in [4.78, 5) is 30.2. The van der Waals surface area contributed by atoms with Gasteiger partial charge in [-0.2, -0.15) is 0 Å². The molecule has 0 aliphatic carbocycles. The first kappa shape index (κ1) is 18.4. The molecule has 0 fully saturated rings. The van der Waals surface area contributed by atoms with Crippen LogP contribution in [0, 0.1) is 6.33 Å². The largest absolute Gasteiger partial charge is 0.324 e. The lowest BCUT2D eigenvalue weighted by Crippen LogP contribution is -2.17. The molecule has 1 heterocycles. The highest BCUT2D eigenvalue weighted by molar-refractivity contribution is 6.18. The van der Waals surface area contributed by atoms with E-state index in [0.717, 1.165) is 16.6 Å². The number of anilines is 1. The number of nitrogens with one attached hydrogen (secondary N) is 1. The summed E-state index contributed by atoms with van der Waals surface area (Å²) in [5, 5.41) is 2.86. The summed E-state index contributed by atoms with van der Waals surface area (Å²) >= 11 is 0. The highest BCUT2D eigenvalue weighted by Gasteiger charge is 2.19. The van der Waals surface area contributed by atoms with Gasteiger partial charge < -0.3 is 9.88 Å². The van der Waals surface area contributed by atoms with Gasteiger partial charge in [0.05, 0.1) is 16.6 Å². The van der Waals surface area contributed by atoms with Crippen molar-refractivity contribution in [2.24, 2.45) is 7.05 Å². The molecule has 0 unspecified atom stereocenters. The molecule has 1 radical (unpaired) electrons. The van der Waals surface area contributed by atoms with E-state index < -0.39 is 0 Å². The number of aromatic nitrogens is 2. The number of benzene rings is 3. The summed E-state index contributed by atoms with van der Waals surface area (Å²) in [7, 11) is 1.82. The third-order valence-electron chi connectivity index (χ3n) is 4.72. The molecule has 0 saturated carbocycles. The maximum atomic E-state index is 13.2. The minimum atomic E-state index is -0.342. The first-order valence-corrected chi connectivity index (χ1v) is 9.08. The minimum Gasteiger partial charge on any atom is -0.324 e. The van der Waals surface area contributed by atoms with Gasteiger partial charge in [-0.25, -0.2) is 4.98 Å². The molecule has 1 aromatic heterocycles.